The first kappa shape index (κ1) is 23.5. The average Bonchev–Trinajstić information content (AvgIpc) is 2.82. The lowest BCUT2D eigenvalue weighted by atomic mass is 10.1. The molecule has 0 aromatic heterocycles. The topological polar surface area (TPSA) is 132 Å². The minimum absolute atomic E-state index is 0.0521. The Kier molecular flexibility index (Phi) is 7.13. The third-order valence-electron chi connectivity index (χ3n) is 4.67. The monoisotopic (exact) mass is 470 g/mol. The van der Waals surface area contributed by atoms with Crippen molar-refractivity contribution in [3.8, 4) is 11.5 Å². The molecule has 0 saturated heterocycles. The van der Waals surface area contributed by atoms with Crippen LogP contribution in [0.2, 0.25) is 0 Å². The zero-order chi connectivity index (χ0) is 24.0. The van der Waals surface area contributed by atoms with E-state index in [9.17, 15) is 18.5 Å². The number of nitrogens with zero attached hydrogens (tertiary/aromatic N) is 2. The molecule has 0 heterocycles. The number of sulfonamides is 1. The van der Waals surface area contributed by atoms with Crippen molar-refractivity contribution in [3.05, 3.63) is 82.4 Å². The van der Waals surface area contributed by atoms with E-state index in [4.69, 9.17) is 9.47 Å². The third kappa shape index (κ3) is 5.77. The molecule has 3 aromatic rings. The number of anilines is 2. The molecule has 0 atom stereocenters. The molecular formula is C22H22N4O6S. The smallest absolute Gasteiger partial charge is 0.295 e. The lowest BCUT2D eigenvalue weighted by molar-refractivity contribution is -0.384. The minimum atomic E-state index is -4.06. The minimum Gasteiger partial charge on any atom is -0.497 e. The summed E-state index contributed by atoms with van der Waals surface area (Å²) in [5.41, 5.74) is 3.92. The number of rotatable bonds is 9. The first-order chi connectivity index (χ1) is 15.7. The average molecular weight is 471 g/mol. The molecule has 3 rings (SSSR count). The Morgan fingerprint density at radius 2 is 1.52 bits per heavy atom. The summed E-state index contributed by atoms with van der Waals surface area (Å²) in [6.45, 7) is 1.73. The molecule has 172 valence electrons. The predicted molar refractivity (Wildman–Crippen MR) is 126 cm³/mol. The van der Waals surface area contributed by atoms with E-state index in [-0.39, 0.29) is 10.6 Å². The van der Waals surface area contributed by atoms with Gasteiger partial charge in [0.2, 0.25) is 0 Å². The van der Waals surface area contributed by atoms with Crippen LogP contribution in [0.3, 0.4) is 0 Å². The number of hydrogen-bond acceptors (Lipinski definition) is 8. The molecule has 0 aliphatic heterocycles. The molecule has 0 fully saturated rings. The van der Waals surface area contributed by atoms with Crippen LogP contribution in [0, 0.1) is 10.1 Å². The SMILES string of the molecule is COc1ccc(NS(=O)(=O)c2ccc(N/N=C(\C)c3ccc(OC)cc3)c([N+](=O)[O-])c2)cc1. The summed E-state index contributed by atoms with van der Waals surface area (Å²) in [5.74, 6) is 1.25. The highest BCUT2D eigenvalue weighted by Crippen LogP contribution is 2.29. The van der Waals surface area contributed by atoms with Gasteiger partial charge in [0.1, 0.15) is 17.2 Å². The first-order valence-electron chi connectivity index (χ1n) is 9.63. The molecular weight excluding hydrogens is 448 g/mol. The van der Waals surface area contributed by atoms with Gasteiger partial charge in [0.05, 0.1) is 29.8 Å². The molecule has 0 saturated carbocycles. The van der Waals surface area contributed by atoms with Gasteiger partial charge >= 0.3 is 0 Å². The summed E-state index contributed by atoms with van der Waals surface area (Å²) in [5, 5.41) is 15.8. The van der Waals surface area contributed by atoms with Crippen molar-refractivity contribution in [3.63, 3.8) is 0 Å². The van der Waals surface area contributed by atoms with Crippen molar-refractivity contribution in [1.82, 2.24) is 0 Å². The summed E-state index contributed by atoms with van der Waals surface area (Å²) in [7, 11) is -0.998. The maximum absolute atomic E-state index is 12.7. The van der Waals surface area contributed by atoms with Crippen LogP contribution in [0.5, 0.6) is 11.5 Å². The largest absolute Gasteiger partial charge is 0.497 e. The van der Waals surface area contributed by atoms with Crippen molar-refractivity contribution >= 4 is 32.8 Å². The van der Waals surface area contributed by atoms with E-state index in [1.807, 2.05) is 0 Å². The number of benzene rings is 3. The summed E-state index contributed by atoms with van der Waals surface area (Å²) in [4.78, 5) is 10.7. The maximum Gasteiger partial charge on any atom is 0.295 e. The molecule has 0 aliphatic rings. The number of ether oxygens (including phenoxy) is 2. The fourth-order valence-corrected chi connectivity index (χ4v) is 3.92. The van der Waals surface area contributed by atoms with Gasteiger partial charge in [-0.05, 0) is 73.2 Å². The Morgan fingerprint density at radius 1 is 0.939 bits per heavy atom. The summed E-state index contributed by atoms with van der Waals surface area (Å²) < 4.78 is 38.0. The van der Waals surface area contributed by atoms with Crippen molar-refractivity contribution in [2.45, 2.75) is 11.8 Å². The number of nitrogens with one attached hydrogen (secondary N) is 2. The molecule has 0 amide bonds. The highest BCUT2D eigenvalue weighted by Gasteiger charge is 2.22. The van der Waals surface area contributed by atoms with Crippen LogP contribution in [0.4, 0.5) is 17.1 Å². The fraction of sp³-hybridized carbons (Fsp3) is 0.136. The van der Waals surface area contributed by atoms with Crippen molar-refractivity contribution in [2.24, 2.45) is 5.10 Å². The van der Waals surface area contributed by atoms with Crippen molar-refractivity contribution in [2.75, 3.05) is 24.4 Å². The number of methoxy groups -OCH3 is 2. The van der Waals surface area contributed by atoms with E-state index < -0.39 is 20.6 Å². The Labute approximate surface area is 191 Å². The van der Waals surface area contributed by atoms with Gasteiger partial charge in [-0.1, -0.05) is 0 Å². The quantitative estimate of drug-likeness (QED) is 0.271. The van der Waals surface area contributed by atoms with E-state index >= 15 is 0 Å². The Balaban J connectivity index is 1.83. The standard InChI is InChI=1S/C22H22N4O6S/c1-15(16-4-8-18(31-2)9-5-16)23-24-21-13-12-20(14-22(21)26(27)28)33(29,30)25-17-6-10-19(32-3)11-7-17/h4-14,24-25H,1-3H3/b23-15+. The third-order valence-corrected chi connectivity index (χ3v) is 6.05. The predicted octanol–water partition coefficient (Wildman–Crippen LogP) is 4.25. The lowest BCUT2D eigenvalue weighted by Gasteiger charge is -2.10. The molecule has 0 unspecified atom stereocenters. The van der Waals surface area contributed by atoms with Crippen LogP contribution in [-0.2, 0) is 10.0 Å². The first-order valence-corrected chi connectivity index (χ1v) is 11.1. The highest BCUT2D eigenvalue weighted by molar-refractivity contribution is 7.92. The molecule has 0 aliphatic carbocycles. The Bertz CT molecular complexity index is 1270. The van der Waals surface area contributed by atoms with E-state index in [1.54, 1.807) is 50.4 Å². The number of hydrogen-bond donors (Lipinski definition) is 2. The van der Waals surface area contributed by atoms with Gasteiger partial charge in [-0.15, -0.1) is 0 Å². The van der Waals surface area contributed by atoms with Gasteiger partial charge in [-0.3, -0.25) is 20.3 Å². The molecule has 10 nitrogen and oxygen atoms in total. The highest BCUT2D eigenvalue weighted by atomic mass is 32.2. The Morgan fingerprint density at radius 3 is 2.06 bits per heavy atom. The number of nitro benzene ring substituents is 1. The van der Waals surface area contributed by atoms with E-state index in [0.29, 0.717) is 22.9 Å². The van der Waals surface area contributed by atoms with E-state index in [2.05, 4.69) is 15.2 Å². The van der Waals surface area contributed by atoms with Gasteiger partial charge in [-0.25, -0.2) is 8.42 Å². The second-order valence-electron chi connectivity index (χ2n) is 6.81. The zero-order valence-corrected chi connectivity index (χ0v) is 18.9. The normalized spacial score (nSPS) is 11.5. The van der Waals surface area contributed by atoms with E-state index in [0.717, 1.165) is 11.6 Å². The fourth-order valence-electron chi connectivity index (χ4n) is 2.84. The second kappa shape index (κ2) is 10.0. The number of hydrazone groups is 1. The van der Waals surface area contributed by atoms with Crippen molar-refractivity contribution in [1.29, 1.82) is 0 Å². The van der Waals surface area contributed by atoms with Gasteiger partial charge < -0.3 is 9.47 Å². The molecule has 2 N–H and O–H groups in total. The molecule has 33 heavy (non-hydrogen) atoms. The zero-order valence-electron chi connectivity index (χ0n) is 18.1. The molecule has 0 radical (unpaired) electrons. The number of nitro groups is 1. The van der Waals surface area contributed by atoms with Crippen LogP contribution in [0.25, 0.3) is 0 Å². The maximum atomic E-state index is 12.7. The molecule has 0 bridgehead atoms. The van der Waals surface area contributed by atoms with Crippen LogP contribution >= 0.6 is 0 Å². The summed E-state index contributed by atoms with van der Waals surface area (Å²) >= 11 is 0. The molecule has 0 spiro atoms. The molecule has 11 heteroatoms. The van der Waals surface area contributed by atoms with Crippen LogP contribution in [-0.4, -0.2) is 33.3 Å². The summed E-state index contributed by atoms with van der Waals surface area (Å²) in [6.07, 6.45) is 0. The van der Waals surface area contributed by atoms with Gasteiger partial charge in [0.15, 0.2) is 0 Å². The van der Waals surface area contributed by atoms with E-state index in [1.165, 1.54) is 31.4 Å². The van der Waals surface area contributed by atoms with Crippen LogP contribution < -0.4 is 19.6 Å². The van der Waals surface area contributed by atoms with Gasteiger partial charge in [0.25, 0.3) is 15.7 Å². The Hall–Kier alpha value is -4.12. The van der Waals surface area contributed by atoms with Crippen LogP contribution in [0.15, 0.2) is 76.7 Å². The van der Waals surface area contributed by atoms with Crippen LogP contribution in [0.1, 0.15) is 12.5 Å². The van der Waals surface area contributed by atoms with Gasteiger partial charge in [-0.2, -0.15) is 5.10 Å². The second-order valence-corrected chi connectivity index (χ2v) is 8.49. The van der Waals surface area contributed by atoms with Gasteiger partial charge in [0, 0.05) is 11.8 Å². The lowest BCUT2D eigenvalue weighted by Crippen LogP contribution is -2.13. The molecule has 3 aromatic carbocycles. The summed E-state index contributed by atoms with van der Waals surface area (Å²) in [6, 6.07) is 16.9. The van der Waals surface area contributed by atoms with Crippen molar-refractivity contribution < 1.29 is 22.8 Å².